The van der Waals surface area contributed by atoms with Crippen molar-refractivity contribution >= 4 is 29.2 Å². The van der Waals surface area contributed by atoms with Crippen molar-refractivity contribution in [1.82, 2.24) is 9.97 Å². The predicted octanol–water partition coefficient (Wildman–Crippen LogP) is 2.66. The molecular weight excluding hydrogens is 368 g/mol. The van der Waals surface area contributed by atoms with Gasteiger partial charge in [0.15, 0.2) is 22.5 Å². The molecule has 9 heteroatoms. The lowest BCUT2D eigenvalue weighted by atomic mass is 10.2. The number of nitrogens with zero attached hydrogens (tertiary/aromatic N) is 1. The van der Waals surface area contributed by atoms with E-state index in [1.807, 2.05) is 0 Å². The Morgan fingerprint density at radius 3 is 2.59 bits per heavy atom. The zero-order valence-corrected chi connectivity index (χ0v) is 16.0. The lowest BCUT2D eigenvalue weighted by Gasteiger charge is -2.12. The van der Waals surface area contributed by atoms with E-state index >= 15 is 0 Å². The van der Waals surface area contributed by atoms with Crippen molar-refractivity contribution in [2.45, 2.75) is 36.1 Å². The number of carbonyl (C=O) groups excluding carboxylic acids is 1. The molecule has 4 N–H and O–H groups in total. The van der Waals surface area contributed by atoms with E-state index in [1.54, 1.807) is 12.1 Å². The van der Waals surface area contributed by atoms with Gasteiger partial charge in [-0.1, -0.05) is 24.6 Å². The molecule has 0 aliphatic heterocycles. The van der Waals surface area contributed by atoms with E-state index in [4.69, 9.17) is 15.2 Å². The number of carbonyl (C=O) groups is 1. The minimum Gasteiger partial charge on any atom is -0.493 e. The first-order valence-corrected chi connectivity index (χ1v) is 9.49. The number of thioether (sulfide) groups is 1. The Kier molecular flexibility index (Phi) is 5.90. The topological polar surface area (TPSA) is 119 Å². The van der Waals surface area contributed by atoms with Crippen LogP contribution in [0.4, 0.5) is 11.5 Å². The molecule has 0 unspecified atom stereocenters. The van der Waals surface area contributed by atoms with Gasteiger partial charge in [0.05, 0.1) is 14.2 Å². The van der Waals surface area contributed by atoms with E-state index in [1.165, 1.54) is 44.9 Å². The van der Waals surface area contributed by atoms with Crippen LogP contribution in [0.2, 0.25) is 0 Å². The van der Waals surface area contributed by atoms with Crippen LogP contribution in [0, 0.1) is 0 Å². The van der Waals surface area contributed by atoms with E-state index in [0.717, 1.165) is 12.8 Å². The summed E-state index contributed by atoms with van der Waals surface area (Å²) in [7, 11) is 2.99. The zero-order chi connectivity index (χ0) is 19.4. The van der Waals surface area contributed by atoms with Crippen molar-refractivity contribution in [3.63, 3.8) is 0 Å². The normalized spacial score (nSPS) is 14.1. The van der Waals surface area contributed by atoms with Crippen LogP contribution in [0.1, 0.15) is 36.0 Å². The van der Waals surface area contributed by atoms with Gasteiger partial charge in [-0.05, 0) is 31.0 Å². The van der Waals surface area contributed by atoms with Gasteiger partial charge in [0.25, 0.3) is 11.5 Å². The third-order valence-corrected chi connectivity index (χ3v) is 5.61. The van der Waals surface area contributed by atoms with Crippen molar-refractivity contribution in [1.29, 1.82) is 0 Å². The van der Waals surface area contributed by atoms with Gasteiger partial charge in [-0.3, -0.25) is 14.6 Å². The molecule has 3 rings (SSSR count). The summed E-state index contributed by atoms with van der Waals surface area (Å²) in [5.74, 6) is 0.411. The molecule has 0 spiro atoms. The predicted molar refractivity (Wildman–Crippen MR) is 105 cm³/mol. The van der Waals surface area contributed by atoms with Gasteiger partial charge in [0, 0.05) is 10.8 Å². The fourth-order valence-electron chi connectivity index (χ4n) is 2.97. The summed E-state index contributed by atoms with van der Waals surface area (Å²) in [6.45, 7) is 0. The minimum absolute atomic E-state index is 0.00641. The summed E-state index contributed by atoms with van der Waals surface area (Å²) in [5, 5.41) is 3.45. The van der Waals surface area contributed by atoms with Crippen LogP contribution in [0.3, 0.4) is 0 Å². The van der Waals surface area contributed by atoms with E-state index in [0.29, 0.717) is 27.5 Å². The Labute approximate surface area is 160 Å². The highest BCUT2D eigenvalue weighted by Crippen LogP contribution is 2.33. The number of rotatable bonds is 6. The van der Waals surface area contributed by atoms with Crippen LogP contribution in [-0.2, 0) is 0 Å². The van der Waals surface area contributed by atoms with Gasteiger partial charge in [-0.25, -0.2) is 4.98 Å². The number of H-pyrrole nitrogens is 1. The molecule has 0 saturated heterocycles. The number of ether oxygens (including phenoxy) is 2. The Morgan fingerprint density at radius 1 is 1.26 bits per heavy atom. The second kappa shape index (κ2) is 8.34. The number of hydrogen-bond acceptors (Lipinski definition) is 7. The Morgan fingerprint density at radius 2 is 1.96 bits per heavy atom. The maximum absolute atomic E-state index is 12.5. The molecule has 8 nitrogen and oxygen atoms in total. The van der Waals surface area contributed by atoms with Crippen LogP contribution in [0.25, 0.3) is 0 Å². The minimum atomic E-state index is -0.494. The molecular formula is C18H22N4O4S. The van der Waals surface area contributed by atoms with E-state index in [2.05, 4.69) is 15.3 Å². The van der Waals surface area contributed by atoms with Gasteiger partial charge >= 0.3 is 0 Å². The number of methoxy groups -OCH3 is 2. The molecule has 2 aromatic rings. The summed E-state index contributed by atoms with van der Waals surface area (Å²) in [6, 6.07) is 4.70. The largest absolute Gasteiger partial charge is 0.493 e. The van der Waals surface area contributed by atoms with Crippen LogP contribution in [0.15, 0.2) is 28.2 Å². The number of benzene rings is 1. The first-order valence-electron chi connectivity index (χ1n) is 8.61. The fraction of sp³-hybridized carbons (Fsp3) is 0.389. The second-order valence-corrected chi connectivity index (χ2v) is 7.47. The third kappa shape index (κ3) is 4.36. The highest BCUT2D eigenvalue weighted by atomic mass is 32.2. The molecule has 1 fully saturated rings. The number of hydrogen-bond donors (Lipinski definition) is 3. The molecule has 1 aromatic heterocycles. The number of aromatic nitrogens is 2. The number of aromatic amines is 1. The molecule has 144 valence electrons. The van der Waals surface area contributed by atoms with Crippen LogP contribution >= 0.6 is 11.8 Å². The van der Waals surface area contributed by atoms with E-state index in [-0.39, 0.29) is 11.5 Å². The van der Waals surface area contributed by atoms with Gasteiger partial charge in [-0.2, -0.15) is 0 Å². The number of amides is 1. The van der Waals surface area contributed by atoms with Crippen molar-refractivity contribution < 1.29 is 14.3 Å². The fourth-order valence-corrected chi connectivity index (χ4v) is 4.16. The van der Waals surface area contributed by atoms with Crippen molar-refractivity contribution in [2.24, 2.45) is 0 Å². The highest BCUT2D eigenvalue weighted by Gasteiger charge is 2.20. The standard InChI is InChI=1S/C18H22N4O4S/c1-25-12-8-7-10(9-13(12)26-2)16(23)20-14-15(19)21-18(22-17(14)24)27-11-5-3-4-6-11/h7-9,11H,3-6H2,1-2H3,(H,20,23)(H3,19,21,22,24). The van der Waals surface area contributed by atoms with Gasteiger partial charge in [0.2, 0.25) is 0 Å². The van der Waals surface area contributed by atoms with E-state index in [9.17, 15) is 9.59 Å². The highest BCUT2D eigenvalue weighted by molar-refractivity contribution is 7.99. The molecule has 27 heavy (non-hydrogen) atoms. The summed E-state index contributed by atoms with van der Waals surface area (Å²) < 4.78 is 10.3. The quantitative estimate of drug-likeness (QED) is 0.649. The maximum Gasteiger partial charge on any atom is 0.277 e. The SMILES string of the molecule is COc1ccc(C(=O)Nc2c(N)nc(SC3CCCC3)[nH]c2=O)cc1OC. The molecule has 1 amide bonds. The molecule has 1 saturated carbocycles. The maximum atomic E-state index is 12.5. The molecule has 0 atom stereocenters. The van der Waals surface area contributed by atoms with E-state index < -0.39 is 11.5 Å². The first kappa shape index (κ1) is 19.1. The zero-order valence-electron chi connectivity index (χ0n) is 15.2. The van der Waals surface area contributed by atoms with Crippen LogP contribution in [-0.4, -0.2) is 35.3 Å². The average molecular weight is 390 g/mol. The average Bonchev–Trinajstić information content (AvgIpc) is 3.16. The number of nitrogen functional groups attached to an aromatic ring is 1. The summed E-state index contributed by atoms with van der Waals surface area (Å²) in [5.41, 5.74) is 5.68. The molecule has 0 radical (unpaired) electrons. The smallest absolute Gasteiger partial charge is 0.277 e. The van der Waals surface area contributed by atoms with Crippen molar-refractivity contribution in [3.05, 3.63) is 34.1 Å². The Bertz CT molecular complexity index is 893. The lowest BCUT2D eigenvalue weighted by Crippen LogP contribution is -2.23. The Hall–Kier alpha value is -2.68. The van der Waals surface area contributed by atoms with Crippen LogP contribution < -0.4 is 26.1 Å². The summed E-state index contributed by atoms with van der Waals surface area (Å²) in [6.07, 6.45) is 4.59. The summed E-state index contributed by atoms with van der Waals surface area (Å²) >= 11 is 1.52. The Balaban J connectivity index is 1.78. The van der Waals surface area contributed by atoms with Gasteiger partial charge < -0.3 is 20.5 Å². The van der Waals surface area contributed by atoms with Crippen molar-refractivity contribution in [2.75, 3.05) is 25.3 Å². The number of nitrogens with two attached hydrogens (primary N) is 1. The van der Waals surface area contributed by atoms with Crippen molar-refractivity contribution in [3.8, 4) is 11.5 Å². The number of nitrogens with one attached hydrogen (secondary N) is 2. The molecule has 1 aliphatic carbocycles. The molecule has 0 bridgehead atoms. The summed E-state index contributed by atoms with van der Waals surface area (Å²) in [4.78, 5) is 31.8. The van der Waals surface area contributed by atoms with Crippen LogP contribution in [0.5, 0.6) is 11.5 Å². The third-order valence-electron chi connectivity index (χ3n) is 4.39. The first-order chi connectivity index (χ1) is 13.0. The monoisotopic (exact) mass is 390 g/mol. The molecule has 1 aromatic carbocycles. The molecule has 1 heterocycles. The van der Waals surface area contributed by atoms with Gasteiger partial charge in [-0.15, -0.1) is 0 Å². The second-order valence-electron chi connectivity index (χ2n) is 6.18. The molecule has 1 aliphatic rings. The van der Waals surface area contributed by atoms with Gasteiger partial charge in [0.1, 0.15) is 5.69 Å². The number of anilines is 2. The lowest BCUT2D eigenvalue weighted by molar-refractivity contribution is 0.102.